The highest BCUT2D eigenvalue weighted by Crippen LogP contribution is 2.04. The van der Waals surface area contributed by atoms with Crippen LogP contribution in [0.2, 0.25) is 0 Å². The van der Waals surface area contributed by atoms with E-state index in [1.807, 2.05) is 0 Å². The predicted molar refractivity (Wildman–Crippen MR) is 49.0 cm³/mol. The lowest BCUT2D eigenvalue weighted by Crippen LogP contribution is -2.01. The molecule has 8 nitrogen and oxygen atoms in total. The van der Waals surface area contributed by atoms with E-state index in [0.717, 1.165) is 0 Å². The lowest BCUT2D eigenvalue weighted by Gasteiger charge is -1.82. The normalized spacial score (nSPS) is 11.5. The third-order valence-corrected chi connectivity index (χ3v) is 2.04. The molecule has 3 heterocycles. The minimum atomic E-state index is -0.998. The third kappa shape index (κ3) is 0.874. The second-order valence-electron chi connectivity index (χ2n) is 2.97. The molecule has 3 aromatic heterocycles. The monoisotopic (exact) mass is 220 g/mol. The van der Waals surface area contributed by atoms with E-state index in [1.54, 1.807) is 0 Å². The molecule has 78 valence electrons. The summed E-state index contributed by atoms with van der Waals surface area (Å²) in [5.41, 5.74) is -5.51. The van der Waals surface area contributed by atoms with Crippen LogP contribution in [0.5, 0.6) is 0 Å². The molecule has 0 atom stereocenters. The van der Waals surface area contributed by atoms with E-state index >= 15 is 0 Å². The molecule has 0 aliphatic rings. The number of rotatable bonds is 0. The molecular formula is C8N2O6. The van der Waals surface area contributed by atoms with Crippen LogP contribution in [0.15, 0.2) is 28.0 Å². The lowest BCUT2D eigenvalue weighted by molar-refractivity contribution is 0.496. The first kappa shape index (κ1) is 8.65. The smallest absolute Gasteiger partial charge is 0.367 e. The number of aromatic nitrogens is 2. The van der Waals surface area contributed by atoms with Crippen LogP contribution >= 0.6 is 0 Å². The fourth-order valence-corrected chi connectivity index (χ4v) is 1.37. The van der Waals surface area contributed by atoms with Gasteiger partial charge < -0.3 is 8.83 Å². The maximum absolute atomic E-state index is 11.1. The Labute approximate surface area is 83.5 Å². The summed E-state index contributed by atoms with van der Waals surface area (Å²) in [5, 5.41) is 0. The van der Waals surface area contributed by atoms with Crippen molar-refractivity contribution < 1.29 is 8.83 Å². The number of nitrogens with zero attached hydrogens (tertiary/aromatic N) is 2. The molecule has 0 aliphatic heterocycles. The highest BCUT2D eigenvalue weighted by molar-refractivity contribution is 5.84. The van der Waals surface area contributed by atoms with Gasteiger partial charge in [-0.25, -0.2) is 29.1 Å². The molecule has 0 fully saturated rings. The van der Waals surface area contributed by atoms with E-state index < -0.39 is 22.5 Å². The first-order valence-electron chi connectivity index (χ1n) is 4.03. The summed E-state index contributed by atoms with van der Waals surface area (Å²) in [7, 11) is 0. The van der Waals surface area contributed by atoms with Gasteiger partial charge in [0, 0.05) is 0 Å². The van der Waals surface area contributed by atoms with Gasteiger partial charge in [0.1, 0.15) is 0 Å². The molecule has 0 spiro atoms. The van der Waals surface area contributed by atoms with Crippen molar-refractivity contribution >= 4 is 22.1 Å². The summed E-state index contributed by atoms with van der Waals surface area (Å²) in [4.78, 5) is 51.4. The van der Waals surface area contributed by atoms with E-state index in [4.69, 9.17) is 0 Å². The Kier molecular flexibility index (Phi) is 1.34. The van der Waals surface area contributed by atoms with Crippen LogP contribution in [0.3, 0.4) is 0 Å². The quantitative estimate of drug-likeness (QED) is 0.438. The van der Waals surface area contributed by atoms with E-state index in [-0.39, 0.29) is 22.1 Å². The van der Waals surface area contributed by atoms with E-state index in [2.05, 4.69) is 18.8 Å². The summed E-state index contributed by atoms with van der Waals surface area (Å²) >= 11 is 0. The largest absolute Gasteiger partial charge is 0.383 e. The topological polar surface area (TPSA) is 120 Å². The molecular weight excluding hydrogens is 220 g/mol. The Morgan fingerprint density at radius 2 is 0.812 bits per heavy atom. The predicted octanol–water partition coefficient (Wildman–Crippen LogP) is -1.71. The standard InChI is InChI=1S/C8N2O6/c11-5-1-2(6(12)15-5)10-4-3(9-1)7(13)16-8(4)14. The van der Waals surface area contributed by atoms with Gasteiger partial charge in [-0.05, 0) is 0 Å². The molecule has 0 radical (unpaired) electrons. The van der Waals surface area contributed by atoms with Crippen molar-refractivity contribution in [3.05, 3.63) is 41.7 Å². The van der Waals surface area contributed by atoms with Crippen molar-refractivity contribution in [2.45, 2.75) is 0 Å². The number of hydrogen-bond donors (Lipinski definition) is 0. The molecule has 0 N–H and O–H groups in total. The molecule has 0 unspecified atom stereocenters. The summed E-state index contributed by atoms with van der Waals surface area (Å²) in [6.45, 7) is 0. The highest BCUT2D eigenvalue weighted by atomic mass is 16.4. The maximum atomic E-state index is 11.1. The fourth-order valence-electron chi connectivity index (χ4n) is 1.37. The molecule has 3 aromatic rings. The van der Waals surface area contributed by atoms with Crippen molar-refractivity contribution in [1.29, 1.82) is 0 Å². The van der Waals surface area contributed by atoms with Crippen LogP contribution < -0.4 is 22.5 Å². The van der Waals surface area contributed by atoms with E-state index in [9.17, 15) is 19.2 Å². The first-order valence-corrected chi connectivity index (χ1v) is 4.03. The highest BCUT2D eigenvalue weighted by Gasteiger charge is 2.18. The third-order valence-electron chi connectivity index (χ3n) is 2.04. The average Bonchev–Trinajstić information content (AvgIpc) is 2.67. The summed E-state index contributed by atoms with van der Waals surface area (Å²) in [6, 6.07) is 0. The lowest BCUT2D eigenvalue weighted by atomic mass is 10.4. The molecule has 16 heavy (non-hydrogen) atoms. The zero-order valence-corrected chi connectivity index (χ0v) is 7.34. The van der Waals surface area contributed by atoms with Gasteiger partial charge in [-0.15, -0.1) is 0 Å². The van der Waals surface area contributed by atoms with Gasteiger partial charge in [0.25, 0.3) is 0 Å². The van der Waals surface area contributed by atoms with Crippen molar-refractivity contribution in [2.24, 2.45) is 0 Å². The number of fused-ring (bicyclic) bond motifs is 2. The van der Waals surface area contributed by atoms with Crippen LogP contribution in [0.4, 0.5) is 0 Å². The minimum Gasteiger partial charge on any atom is -0.383 e. The number of furan rings is 2. The van der Waals surface area contributed by atoms with Crippen LogP contribution in [-0.2, 0) is 0 Å². The minimum absolute atomic E-state index is 0.379. The zero-order valence-electron chi connectivity index (χ0n) is 7.34. The Balaban J connectivity index is 2.80. The van der Waals surface area contributed by atoms with Gasteiger partial charge in [-0.1, -0.05) is 0 Å². The maximum Gasteiger partial charge on any atom is 0.367 e. The van der Waals surface area contributed by atoms with Gasteiger partial charge in [0.05, 0.1) is 0 Å². The molecule has 0 saturated carbocycles. The van der Waals surface area contributed by atoms with Crippen molar-refractivity contribution in [3.8, 4) is 0 Å². The van der Waals surface area contributed by atoms with Crippen molar-refractivity contribution in [3.63, 3.8) is 0 Å². The molecule has 0 amide bonds. The molecule has 0 aromatic carbocycles. The SMILES string of the molecule is O=c1oc(=O)c2nc3c(=O)oc(=O)c3nc12. The molecule has 8 heteroatoms. The fraction of sp³-hybridized carbons (Fsp3) is 0. The Morgan fingerprint density at radius 1 is 0.562 bits per heavy atom. The van der Waals surface area contributed by atoms with Gasteiger partial charge in [0.15, 0.2) is 22.1 Å². The second kappa shape index (κ2) is 2.48. The van der Waals surface area contributed by atoms with Crippen molar-refractivity contribution in [1.82, 2.24) is 9.97 Å². The van der Waals surface area contributed by atoms with Crippen LogP contribution in [0.25, 0.3) is 22.1 Å². The van der Waals surface area contributed by atoms with Crippen molar-refractivity contribution in [2.75, 3.05) is 0 Å². The zero-order chi connectivity index (χ0) is 11.4. The van der Waals surface area contributed by atoms with E-state index in [0.29, 0.717) is 0 Å². The Bertz CT molecular complexity index is 777. The first-order chi connectivity index (χ1) is 7.58. The summed E-state index contributed by atoms with van der Waals surface area (Å²) in [5.74, 6) is 0. The van der Waals surface area contributed by atoms with Gasteiger partial charge >= 0.3 is 22.5 Å². The van der Waals surface area contributed by atoms with Gasteiger partial charge in [-0.3, -0.25) is 0 Å². The average molecular weight is 220 g/mol. The Hall–Kier alpha value is -2.64. The second-order valence-corrected chi connectivity index (χ2v) is 2.97. The molecule has 0 aliphatic carbocycles. The number of hydrogen-bond acceptors (Lipinski definition) is 8. The van der Waals surface area contributed by atoms with Crippen LogP contribution in [-0.4, -0.2) is 9.97 Å². The van der Waals surface area contributed by atoms with Gasteiger partial charge in [-0.2, -0.15) is 0 Å². The molecule has 0 saturated heterocycles. The van der Waals surface area contributed by atoms with Gasteiger partial charge in [0.2, 0.25) is 0 Å². The molecule has 3 rings (SSSR count). The Morgan fingerprint density at radius 3 is 1.06 bits per heavy atom. The van der Waals surface area contributed by atoms with Crippen LogP contribution in [0.1, 0.15) is 0 Å². The molecule has 0 bridgehead atoms. The summed E-state index contributed by atoms with van der Waals surface area (Å²) < 4.78 is 8.43. The van der Waals surface area contributed by atoms with E-state index in [1.165, 1.54) is 0 Å². The van der Waals surface area contributed by atoms with Crippen LogP contribution in [0, 0.1) is 0 Å². The summed E-state index contributed by atoms with van der Waals surface area (Å²) in [6.07, 6.45) is 0.